The van der Waals surface area contributed by atoms with Crippen molar-refractivity contribution in [2.45, 2.75) is 13.2 Å². The fraction of sp³-hybridized carbons (Fsp3) is 0.800. The van der Waals surface area contributed by atoms with E-state index < -0.39 is 6.23 Å². The highest BCUT2D eigenvalue weighted by Gasteiger charge is 2.02. The van der Waals surface area contributed by atoms with Crippen LogP contribution in [0.25, 0.3) is 0 Å². The molecule has 0 bridgehead atoms. The molecule has 0 radical (unpaired) electrons. The lowest BCUT2D eigenvalue weighted by Crippen LogP contribution is -2.28. The summed E-state index contributed by atoms with van der Waals surface area (Å²) in [7, 11) is 0. The molecular weight excluding hydrogens is 170 g/mol. The van der Waals surface area contributed by atoms with Crippen LogP contribution < -0.4 is 11.5 Å². The van der Waals surface area contributed by atoms with Gasteiger partial charge in [0, 0.05) is 6.61 Å². The van der Waals surface area contributed by atoms with Gasteiger partial charge in [0.25, 0.3) is 0 Å². The number of hydrogen-bond acceptors (Lipinski definition) is 3. The average molecular weight is 184 g/mol. The van der Waals surface area contributed by atoms with Crippen molar-refractivity contribution in [3.63, 3.8) is 0 Å². The summed E-state index contributed by atoms with van der Waals surface area (Å²) < 4.78 is 4.90. The smallest absolute Gasteiger partial charge is 0.188 e. The zero-order valence-electron chi connectivity index (χ0n) is 6.36. The van der Waals surface area contributed by atoms with E-state index in [1.54, 1.807) is 6.92 Å². The Kier molecular flexibility index (Phi) is 9.03. The second kappa shape index (κ2) is 7.59. The number of hydrogen-bond donors (Lipinski definition) is 3. The molecule has 0 amide bonds. The maximum absolute atomic E-state index is 8.56. The van der Waals surface area contributed by atoms with E-state index in [0.717, 1.165) is 0 Å². The number of guanidine groups is 1. The van der Waals surface area contributed by atoms with Gasteiger partial charge in [0.2, 0.25) is 0 Å². The Bertz CT molecular complexity index is 116. The van der Waals surface area contributed by atoms with Gasteiger partial charge in [-0.2, -0.15) is 0 Å². The molecule has 0 aliphatic carbocycles. The zero-order valence-corrected chi connectivity index (χ0v) is 7.17. The third-order valence-corrected chi connectivity index (χ3v) is 0.808. The van der Waals surface area contributed by atoms with Gasteiger partial charge in [-0.3, -0.25) is 0 Å². The van der Waals surface area contributed by atoms with E-state index >= 15 is 0 Å². The highest BCUT2D eigenvalue weighted by atomic mass is 35.5. The van der Waals surface area contributed by atoms with Crippen molar-refractivity contribution in [3.05, 3.63) is 0 Å². The second-order valence-electron chi connectivity index (χ2n) is 1.65. The number of aliphatic imine (C=N–C) groups is 1. The van der Waals surface area contributed by atoms with Gasteiger partial charge >= 0.3 is 0 Å². The van der Waals surface area contributed by atoms with Crippen LogP contribution in [0.2, 0.25) is 0 Å². The number of nitrogens with two attached hydrogens (primary N) is 2. The largest absolute Gasteiger partial charge is 0.392 e. The van der Waals surface area contributed by atoms with Crippen LogP contribution in [0.3, 0.4) is 0 Å². The van der Waals surface area contributed by atoms with Crippen LogP contribution in [0.5, 0.6) is 0 Å². The van der Waals surface area contributed by atoms with E-state index in [4.69, 9.17) is 21.3 Å². The number of rotatable bonds is 4. The van der Waals surface area contributed by atoms with Crippen LogP contribution in [0.4, 0.5) is 0 Å². The Morgan fingerprint density at radius 3 is 2.45 bits per heavy atom. The van der Waals surface area contributed by atoms with Crippen molar-refractivity contribution in [2.75, 3.05) is 13.2 Å². The van der Waals surface area contributed by atoms with Crippen LogP contribution in [0, 0.1) is 0 Å². The molecular formula is C5H14ClN3O2. The third kappa shape index (κ3) is 7.38. The lowest BCUT2D eigenvalue weighted by molar-refractivity contribution is 0.0261. The molecule has 0 fully saturated rings. The minimum absolute atomic E-state index is 0. The van der Waals surface area contributed by atoms with Gasteiger partial charge in [-0.25, -0.2) is 4.99 Å². The maximum atomic E-state index is 8.56. The first-order valence-corrected chi connectivity index (χ1v) is 3.02. The molecule has 0 aliphatic rings. The fourth-order valence-corrected chi connectivity index (χ4v) is 0.489. The summed E-state index contributed by atoms with van der Waals surface area (Å²) in [5, 5.41) is 8.56. The highest BCUT2D eigenvalue weighted by Crippen LogP contribution is 1.90. The van der Waals surface area contributed by atoms with Gasteiger partial charge in [-0.15, -0.1) is 12.4 Å². The van der Waals surface area contributed by atoms with E-state index in [9.17, 15) is 0 Å². The number of halogens is 1. The summed E-state index contributed by atoms with van der Waals surface area (Å²) in [6, 6.07) is 0. The van der Waals surface area contributed by atoms with Gasteiger partial charge < -0.3 is 21.3 Å². The minimum atomic E-state index is -0.616. The van der Waals surface area contributed by atoms with Crippen molar-refractivity contribution >= 4 is 18.4 Å². The number of nitrogens with zero attached hydrogens (tertiary/aromatic N) is 1. The lowest BCUT2D eigenvalue weighted by Gasteiger charge is -2.08. The van der Waals surface area contributed by atoms with Crippen molar-refractivity contribution in [3.8, 4) is 0 Å². The van der Waals surface area contributed by atoms with Crippen molar-refractivity contribution in [1.29, 1.82) is 0 Å². The van der Waals surface area contributed by atoms with Crippen LogP contribution in [-0.2, 0) is 4.74 Å². The molecule has 1 unspecified atom stereocenters. The van der Waals surface area contributed by atoms with Crippen LogP contribution in [-0.4, -0.2) is 30.5 Å². The molecule has 0 aromatic carbocycles. The molecule has 0 aromatic rings. The summed E-state index contributed by atoms with van der Waals surface area (Å²) in [5.74, 6) is -0.0764. The predicted octanol–water partition coefficient (Wildman–Crippen LogP) is -0.964. The minimum Gasteiger partial charge on any atom is -0.392 e. The van der Waals surface area contributed by atoms with Crippen LogP contribution in [0.1, 0.15) is 6.92 Å². The van der Waals surface area contributed by atoms with E-state index in [1.165, 1.54) is 0 Å². The summed E-state index contributed by atoms with van der Waals surface area (Å²) in [4.78, 5) is 3.59. The van der Waals surface area contributed by atoms with Crippen LogP contribution in [0.15, 0.2) is 4.99 Å². The quantitative estimate of drug-likeness (QED) is 0.387. The number of aliphatic hydroxyl groups is 1. The Morgan fingerprint density at radius 2 is 2.18 bits per heavy atom. The Hall–Kier alpha value is -0.520. The van der Waals surface area contributed by atoms with E-state index in [-0.39, 0.29) is 25.0 Å². The van der Waals surface area contributed by atoms with Crippen molar-refractivity contribution in [2.24, 2.45) is 16.5 Å². The normalized spacial score (nSPS) is 11.5. The molecule has 11 heavy (non-hydrogen) atoms. The highest BCUT2D eigenvalue weighted by molar-refractivity contribution is 5.85. The molecule has 5 N–H and O–H groups in total. The van der Waals surface area contributed by atoms with Gasteiger partial charge in [-0.05, 0) is 6.92 Å². The molecule has 0 saturated carbocycles. The predicted molar refractivity (Wildman–Crippen MR) is 45.6 cm³/mol. The molecule has 0 spiro atoms. The summed E-state index contributed by atoms with van der Waals surface area (Å²) >= 11 is 0. The topological polar surface area (TPSA) is 93.9 Å². The summed E-state index contributed by atoms with van der Waals surface area (Å²) in [5.41, 5.74) is 10.1. The zero-order chi connectivity index (χ0) is 7.98. The second-order valence-corrected chi connectivity index (χ2v) is 1.65. The molecule has 6 heteroatoms. The average Bonchev–Trinajstić information content (AvgIpc) is 1.86. The molecule has 5 nitrogen and oxygen atoms in total. The van der Waals surface area contributed by atoms with Gasteiger partial charge in [0.1, 0.15) is 0 Å². The lowest BCUT2D eigenvalue weighted by atomic mass is 10.6. The van der Waals surface area contributed by atoms with Gasteiger partial charge in [0.05, 0.1) is 6.61 Å². The summed E-state index contributed by atoms with van der Waals surface area (Å²) in [6.45, 7) is 2.07. The van der Waals surface area contributed by atoms with Gasteiger partial charge in [0.15, 0.2) is 12.2 Å². The standard InChI is InChI=1S/C5H13N3O2.ClH/c1-2-10-4(3-9)8-5(6)7;/h4,9H,2-3H2,1H3,(H4,6,7,8);1H. The third-order valence-electron chi connectivity index (χ3n) is 0.808. The molecule has 0 aromatic heterocycles. The maximum Gasteiger partial charge on any atom is 0.188 e. The Labute approximate surface area is 71.8 Å². The molecule has 0 aliphatic heterocycles. The first-order chi connectivity index (χ1) is 4.70. The molecule has 0 heterocycles. The summed E-state index contributed by atoms with van der Waals surface area (Å²) in [6.07, 6.45) is -0.616. The SMILES string of the molecule is CCOC(CO)N=C(N)N.Cl. The first-order valence-electron chi connectivity index (χ1n) is 3.02. The molecule has 1 atom stereocenters. The van der Waals surface area contributed by atoms with E-state index in [0.29, 0.717) is 6.61 Å². The van der Waals surface area contributed by atoms with Crippen molar-refractivity contribution in [1.82, 2.24) is 0 Å². The van der Waals surface area contributed by atoms with Gasteiger partial charge in [-0.1, -0.05) is 0 Å². The van der Waals surface area contributed by atoms with E-state index in [1.807, 2.05) is 0 Å². The fourth-order valence-electron chi connectivity index (χ4n) is 0.489. The first kappa shape index (κ1) is 13.1. The Balaban J connectivity index is 0. The monoisotopic (exact) mass is 183 g/mol. The molecule has 68 valence electrons. The van der Waals surface area contributed by atoms with Crippen molar-refractivity contribution < 1.29 is 9.84 Å². The molecule has 0 saturated heterocycles. The Morgan fingerprint density at radius 1 is 1.64 bits per heavy atom. The number of aliphatic hydroxyl groups excluding tert-OH is 1. The molecule has 0 rings (SSSR count). The van der Waals surface area contributed by atoms with E-state index in [2.05, 4.69) is 4.99 Å². The van der Waals surface area contributed by atoms with Crippen LogP contribution >= 0.6 is 12.4 Å². The number of ether oxygens (including phenoxy) is 1.